The molecule has 1 aromatic heterocycles. The Labute approximate surface area is 146 Å². The number of rotatable bonds is 3. The summed E-state index contributed by atoms with van der Waals surface area (Å²) in [6.07, 6.45) is 9.63. The zero-order valence-corrected chi connectivity index (χ0v) is 14.1. The molecule has 130 valence electrons. The molecule has 4 fully saturated rings. The number of hydrogen-bond donors (Lipinski definition) is 2. The summed E-state index contributed by atoms with van der Waals surface area (Å²) in [5.74, 6) is 2.92. The summed E-state index contributed by atoms with van der Waals surface area (Å²) in [7, 11) is 0. The molecule has 2 N–H and O–H groups in total. The molecule has 2 amide bonds. The third-order valence-electron chi connectivity index (χ3n) is 6.23. The Morgan fingerprint density at radius 3 is 2.32 bits per heavy atom. The number of nitrogens with one attached hydrogen (secondary N) is 2. The van der Waals surface area contributed by atoms with E-state index >= 15 is 0 Å². The predicted octanol–water partition coefficient (Wildman–Crippen LogP) is 3.53. The van der Waals surface area contributed by atoms with Crippen molar-refractivity contribution in [2.24, 2.45) is 17.8 Å². The van der Waals surface area contributed by atoms with E-state index in [9.17, 15) is 4.79 Å². The summed E-state index contributed by atoms with van der Waals surface area (Å²) in [5.41, 5.74) is 0.849. The third-order valence-corrected chi connectivity index (χ3v) is 6.23. The van der Waals surface area contributed by atoms with E-state index in [1.165, 1.54) is 38.5 Å². The molecule has 25 heavy (non-hydrogen) atoms. The summed E-state index contributed by atoms with van der Waals surface area (Å²) >= 11 is 0. The van der Waals surface area contributed by atoms with Crippen LogP contribution in [0.1, 0.15) is 38.5 Å². The van der Waals surface area contributed by atoms with E-state index < -0.39 is 0 Å². The molecule has 4 bridgehead atoms. The van der Waals surface area contributed by atoms with Gasteiger partial charge in [-0.3, -0.25) is 9.84 Å². The number of nitrogens with zero attached hydrogens (tertiary/aromatic N) is 2. The zero-order chi connectivity index (χ0) is 16.9. The van der Waals surface area contributed by atoms with Gasteiger partial charge < -0.3 is 5.32 Å². The van der Waals surface area contributed by atoms with Gasteiger partial charge in [-0.25, -0.2) is 4.79 Å². The molecular formula is C19H23N4O2+. The average Bonchev–Trinajstić information content (AvgIpc) is 3.04. The molecule has 4 aliphatic carbocycles. The van der Waals surface area contributed by atoms with Crippen LogP contribution in [0, 0.1) is 17.8 Å². The summed E-state index contributed by atoms with van der Waals surface area (Å²) in [4.78, 5) is 12.1. The SMILES string of the molecule is O=C(Nc1ccccc1)Nc1c[n+](C23CC4CC(CC(C4)C2)C3)no1. The normalized spacial score (nSPS) is 32.6. The largest absolute Gasteiger partial charge is 0.326 e. The van der Waals surface area contributed by atoms with Crippen LogP contribution in [-0.4, -0.2) is 11.3 Å². The van der Waals surface area contributed by atoms with Gasteiger partial charge in [0.1, 0.15) is 0 Å². The van der Waals surface area contributed by atoms with Crippen LogP contribution in [0.3, 0.4) is 0 Å². The summed E-state index contributed by atoms with van der Waals surface area (Å²) < 4.78 is 7.40. The number of carbonyl (C=O) groups is 1. The number of carbonyl (C=O) groups excluding carboxylic acids is 1. The molecule has 4 aliphatic rings. The maximum atomic E-state index is 12.1. The van der Waals surface area contributed by atoms with E-state index in [2.05, 4.69) is 15.9 Å². The Hall–Kier alpha value is -2.37. The highest BCUT2D eigenvalue weighted by atomic mass is 16.5. The van der Waals surface area contributed by atoms with Gasteiger partial charge in [0.15, 0.2) is 5.54 Å². The van der Waals surface area contributed by atoms with Crippen molar-refractivity contribution in [2.75, 3.05) is 10.6 Å². The maximum Gasteiger partial charge on any atom is 0.326 e. The van der Waals surface area contributed by atoms with Crippen LogP contribution in [0.2, 0.25) is 0 Å². The quantitative estimate of drug-likeness (QED) is 0.840. The Balaban J connectivity index is 1.30. The van der Waals surface area contributed by atoms with Gasteiger partial charge in [-0.15, -0.1) is 0 Å². The average molecular weight is 339 g/mol. The van der Waals surface area contributed by atoms with Crippen LogP contribution in [0.4, 0.5) is 16.4 Å². The molecular weight excluding hydrogens is 316 g/mol. The van der Waals surface area contributed by atoms with Gasteiger partial charge in [-0.1, -0.05) is 18.2 Å². The maximum absolute atomic E-state index is 12.1. The number of aromatic nitrogens is 2. The fourth-order valence-electron chi connectivity index (χ4n) is 5.67. The van der Waals surface area contributed by atoms with Crippen molar-refractivity contribution in [2.45, 2.75) is 44.1 Å². The highest BCUT2D eigenvalue weighted by molar-refractivity contribution is 5.98. The van der Waals surface area contributed by atoms with Gasteiger partial charge in [0.05, 0.1) is 0 Å². The second-order valence-electron chi connectivity index (χ2n) is 8.10. The first-order chi connectivity index (χ1) is 12.2. The van der Waals surface area contributed by atoms with Gasteiger partial charge in [0.25, 0.3) is 6.20 Å². The van der Waals surface area contributed by atoms with Gasteiger partial charge in [0.2, 0.25) is 5.27 Å². The van der Waals surface area contributed by atoms with Gasteiger partial charge >= 0.3 is 11.9 Å². The first kappa shape index (κ1) is 14.9. The number of hydrogen-bond acceptors (Lipinski definition) is 3. The highest BCUT2D eigenvalue weighted by Gasteiger charge is 2.58. The highest BCUT2D eigenvalue weighted by Crippen LogP contribution is 2.56. The molecule has 6 nitrogen and oxygen atoms in total. The van der Waals surface area contributed by atoms with Crippen LogP contribution in [0.5, 0.6) is 0 Å². The fourth-order valence-corrected chi connectivity index (χ4v) is 5.67. The van der Waals surface area contributed by atoms with E-state index in [1.54, 1.807) is 0 Å². The lowest BCUT2D eigenvalue weighted by Gasteiger charge is -2.51. The van der Waals surface area contributed by atoms with Crippen LogP contribution >= 0.6 is 0 Å². The molecule has 0 spiro atoms. The van der Waals surface area contributed by atoms with Gasteiger partial charge in [0, 0.05) is 24.9 Å². The molecule has 0 aliphatic heterocycles. The lowest BCUT2D eigenvalue weighted by Crippen LogP contribution is -2.65. The smallest absolute Gasteiger partial charge is 0.308 e. The van der Waals surface area contributed by atoms with Gasteiger partial charge in [-0.2, -0.15) is 0 Å². The van der Waals surface area contributed by atoms with E-state index in [4.69, 9.17) is 4.52 Å². The van der Waals surface area contributed by atoms with E-state index in [0.717, 1.165) is 23.4 Å². The fraction of sp³-hybridized carbons (Fsp3) is 0.526. The first-order valence-electron chi connectivity index (χ1n) is 9.21. The third kappa shape index (κ3) is 2.69. The second-order valence-corrected chi connectivity index (χ2v) is 8.10. The molecule has 0 saturated heterocycles. The topological polar surface area (TPSA) is 71.0 Å². The first-order valence-corrected chi connectivity index (χ1v) is 9.21. The van der Waals surface area contributed by atoms with Crippen LogP contribution in [-0.2, 0) is 5.54 Å². The van der Waals surface area contributed by atoms with Gasteiger partial charge in [-0.05, 0) is 53.8 Å². The standard InChI is InChI=1S/C19H22N4O2/c24-18(20-16-4-2-1-3-5-16)21-17-12-23(22-25-17)19-9-13-6-14(10-19)8-15(7-13)11-19/h1-5,12-15H,6-11H2,(H-,20,21,22,24)/p+1. The number of para-hydroxylation sites is 1. The van der Waals surface area contributed by atoms with Crippen LogP contribution < -0.4 is 15.3 Å². The van der Waals surface area contributed by atoms with Crippen molar-refractivity contribution in [3.8, 4) is 0 Å². The van der Waals surface area contributed by atoms with E-state index in [-0.39, 0.29) is 11.6 Å². The number of anilines is 2. The Morgan fingerprint density at radius 1 is 1.04 bits per heavy atom. The monoisotopic (exact) mass is 339 g/mol. The molecule has 1 heterocycles. The number of amides is 2. The molecule has 2 aromatic rings. The lowest BCUT2D eigenvalue weighted by atomic mass is 9.53. The Kier molecular flexibility index (Phi) is 3.33. The van der Waals surface area contributed by atoms with Crippen molar-refractivity contribution < 1.29 is 14.0 Å². The van der Waals surface area contributed by atoms with Crippen molar-refractivity contribution >= 4 is 17.6 Å². The predicted molar refractivity (Wildman–Crippen MR) is 91.9 cm³/mol. The summed E-state index contributed by atoms with van der Waals surface area (Å²) in [6, 6.07) is 9.04. The zero-order valence-electron chi connectivity index (χ0n) is 14.1. The molecule has 6 heteroatoms. The summed E-state index contributed by atoms with van der Waals surface area (Å²) in [6.45, 7) is 0. The molecule has 1 aromatic carbocycles. The molecule has 4 saturated carbocycles. The van der Waals surface area contributed by atoms with Crippen LogP contribution in [0.15, 0.2) is 41.1 Å². The molecule has 6 rings (SSSR count). The van der Waals surface area contributed by atoms with E-state index in [1.807, 2.05) is 41.2 Å². The molecule has 0 unspecified atom stereocenters. The van der Waals surface area contributed by atoms with Crippen molar-refractivity contribution in [3.05, 3.63) is 36.5 Å². The number of urea groups is 1. The van der Waals surface area contributed by atoms with E-state index in [0.29, 0.717) is 5.88 Å². The summed E-state index contributed by atoms with van der Waals surface area (Å²) in [5, 5.41) is 9.80. The lowest BCUT2D eigenvalue weighted by molar-refractivity contribution is -0.832. The molecule has 0 atom stereocenters. The van der Waals surface area contributed by atoms with Crippen molar-refractivity contribution in [1.29, 1.82) is 0 Å². The number of benzene rings is 1. The minimum Gasteiger partial charge on any atom is -0.308 e. The van der Waals surface area contributed by atoms with Crippen LogP contribution in [0.25, 0.3) is 0 Å². The second kappa shape index (κ2) is 5.58. The molecule has 0 radical (unpaired) electrons. The van der Waals surface area contributed by atoms with Crippen molar-refractivity contribution in [3.63, 3.8) is 0 Å². The van der Waals surface area contributed by atoms with Crippen molar-refractivity contribution in [1.82, 2.24) is 5.27 Å². The minimum atomic E-state index is -0.319. The Morgan fingerprint density at radius 2 is 1.68 bits per heavy atom. The Bertz CT molecular complexity index is 750. The minimum absolute atomic E-state index is 0.105.